The van der Waals surface area contributed by atoms with E-state index < -0.39 is 11.4 Å². The quantitative estimate of drug-likeness (QED) is 0.452. The van der Waals surface area contributed by atoms with Crippen LogP contribution in [0.1, 0.15) is 25.0 Å². The van der Waals surface area contributed by atoms with Crippen LogP contribution in [-0.2, 0) is 14.3 Å². The number of hydrogen-bond donors (Lipinski definition) is 2. The van der Waals surface area contributed by atoms with Crippen LogP contribution in [0.5, 0.6) is 0 Å². The van der Waals surface area contributed by atoms with Crippen molar-refractivity contribution in [3.05, 3.63) is 65.3 Å². The molecule has 1 amide bonds. The van der Waals surface area contributed by atoms with Gasteiger partial charge in [0.15, 0.2) is 0 Å². The first-order valence-electron chi connectivity index (χ1n) is 12.2. The summed E-state index contributed by atoms with van der Waals surface area (Å²) in [6, 6.07) is 8.33. The maximum absolute atomic E-state index is 13.6. The Balaban J connectivity index is 1.30. The lowest BCUT2D eigenvalue weighted by molar-refractivity contribution is -0.111. The van der Waals surface area contributed by atoms with Gasteiger partial charge < -0.3 is 24.8 Å². The predicted molar refractivity (Wildman–Crippen MR) is 136 cm³/mol. The van der Waals surface area contributed by atoms with Crippen molar-refractivity contribution in [3.63, 3.8) is 0 Å². The highest BCUT2D eigenvalue weighted by atomic mass is 19.1. The molecule has 2 aromatic rings. The fraction of sp³-hybridized carbons (Fsp3) is 0.407. The second-order valence-electron chi connectivity index (χ2n) is 9.62. The third-order valence-electron chi connectivity index (χ3n) is 6.80. The molecule has 3 aliphatic rings. The van der Waals surface area contributed by atoms with Gasteiger partial charge in [0.2, 0.25) is 0 Å². The summed E-state index contributed by atoms with van der Waals surface area (Å²) in [6.07, 6.45) is 3.74. The number of hydrogen-bond acceptors (Lipinski definition) is 7. The van der Waals surface area contributed by atoms with Crippen molar-refractivity contribution in [1.29, 1.82) is 0 Å². The standard InChI is InChI=1S/C27H31FN4O4/c1-27(2)21(16-23(36-27)25-20-5-4-19(28)15-22(20)30-26(25)34)18-3-6-24(29-17-18)32-9-7-31(8-10-32)11-13-35-14-12-33/h3-6,15-17,33H,7-14H2,1-2H3,(H,30,34). The molecule has 1 aromatic carbocycles. The second kappa shape index (κ2) is 10.0. The Morgan fingerprint density at radius 2 is 1.97 bits per heavy atom. The molecule has 4 heterocycles. The van der Waals surface area contributed by atoms with Crippen LogP contribution in [0.2, 0.25) is 0 Å². The van der Waals surface area contributed by atoms with Crippen molar-refractivity contribution in [2.75, 3.05) is 62.8 Å². The van der Waals surface area contributed by atoms with E-state index in [0.29, 0.717) is 35.8 Å². The molecule has 8 nitrogen and oxygen atoms in total. The molecule has 0 aliphatic carbocycles. The number of carbonyl (C=O) groups is 1. The van der Waals surface area contributed by atoms with E-state index in [4.69, 9.17) is 19.6 Å². The van der Waals surface area contributed by atoms with Gasteiger partial charge >= 0.3 is 0 Å². The average molecular weight is 495 g/mol. The number of pyridine rings is 1. The number of benzene rings is 1. The monoisotopic (exact) mass is 494 g/mol. The fourth-order valence-electron chi connectivity index (χ4n) is 4.90. The van der Waals surface area contributed by atoms with Crippen molar-refractivity contribution < 1.29 is 23.8 Å². The van der Waals surface area contributed by atoms with E-state index in [-0.39, 0.29) is 12.5 Å². The van der Waals surface area contributed by atoms with E-state index in [9.17, 15) is 9.18 Å². The lowest BCUT2D eigenvalue weighted by Gasteiger charge is -2.35. The summed E-state index contributed by atoms with van der Waals surface area (Å²) in [4.78, 5) is 22.0. The maximum Gasteiger partial charge on any atom is 0.260 e. The second-order valence-corrected chi connectivity index (χ2v) is 9.62. The number of amides is 1. The van der Waals surface area contributed by atoms with Crippen LogP contribution in [0.4, 0.5) is 15.9 Å². The molecular formula is C27H31FN4O4. The zero-order chi connectivity index (χ0) is 25.3. The summed E-state index contributed by atoms with van der Waals surface area (Å²) in [5, 5.41) is 11.5. The summed E-state index contributed by atoms with van der Waals surface area (Å²) in [5.41, 5.74) is 2.71. The number of nitrogens with zero attached hydrogens (tertiary/aromatic N) is 3. The Labute approximate surface area is 210 Å². The smallest absolute Gasteiger partial charge is 0.260 e. The largest absolute Gasteiger partial charge is 0.482 e. The highest BCUT2D eigenvalue weighted by Gasteiger charge is 2.38. The topological polar surface area (TPSA) is 87.2 Å². The van der Waals surface area contributed by atoms with Crippen molar-refractivity contribution in [1.82, 2.24) is 9.88 Å². The molecule has 0 saturated carbocycles. The van der Waals surface area contributed by atoms with Gasteiger partial charge in [-0.15, -0.1) is 0 Å². The molecule has 2 N–H and O–H groups in total. The summed E-state index contributed by atoms with van der Waals surface area (Å²) in [7, 11) is 0. The van der Waals surface area contributed by atoms with E-state index >= 15 is 0 Å². The molecule has 5 rings (SSSR count). The van der Waals surface area contributed by atoms with Gasteiger partial charge in [-0.05, 0) is 50.3 Å². The van der Waals surface area contributed by atoms with Crippen LogP contribution in [0.3, 0.4) is 0 Å². The van der Waals surface area contributed by atoms with Crippen molar-refractivity contribution >= 4 is 28.6 Å². The van der Waals surface area contributed by atoms with Crippen LogP contribution in [0, 0.1) is 5.82 Å². The van der Waals surface area contributed by atoms with Gasteiger partial charge in [-0.25, -0.2) is 9.37 Å². The number of allylic oxidation sites excluding steroid dienone is 1. The number of fused-ring (bicyclic) bond motifs is 1. The highest BCUT2D eigenvalue weighted by Crippen LogP contribution is 2.44. The molecular weight excluding hydrogens is 463 g/mol. The number of rotatable bonds is 7. The third kappa shape index (κ3) is 4.86. The van der Waals surface area contributed by atoms with Crippen LogP contribution in [0.15, 0.2) is 48.4 Å². The van der Waals surface area contributed by atoms with Crippen LogP contribution in [-0.4, -0.2) is 79.0 Å². The van der Waals surface area contributed by atoms with E-state index in [0.717, 1.165) is 49.7 Å². The lowest BCUT2D eigenvalue weighted by atomic mass is 9.93. The fourth-order valence-corrected chi connectivity index (χ4v) is 4.90. The molecule has 1 fully saturated rings. The minimum absolute atomic E-state index is 0.0545. The van der Waals surface area contributed by atoms with Crippen LogP contribution < -0.4 is 10.2 Å². The molecule has 36 heavy (non-hydrogen) atoms. The van der Waals surface area contributed by atoms with E-state index in [1.54, 1.807) is 6.07 Å². The van der Waals surface area contributed by atoms with E-state index in [1.807, 2.05) is 38.3 Å². The number of carbonyl (C=O) groups excluding carboxylic acids is 1. The Bertz CT molecular complexity index is 1200. The van der Waals surface area contributed by atoms with Crippen LogP contribution in [0.25, 0.3) is 11.1 Å². The number of aliphatic hydroxyl groups is 1. The van der Waals surface area contributed by atoms with Crippen molar-refractivity contribution in [2.45, 2.75) is 19.4 Å². The van der Waals surface area contributed by atoms with Gasteiger partial charge in [0, 0.05) is 55.6 Å². The molecule has 0 spiro atoms. The molecule has 0 radical (unpaired) electrons. The van der Waals surface area contributed by atoms with Gasteiger partial charge in [-0.1, -0.05) is 0 Å². The lowest BCUT2D eigenvalue weighted by Crippen LogP contribution is -2.47. The normalized spacial score (nSPS) is 21.3. The Kier molecular flexibility index (Phi) is 6.79. The number of ether oxygens (including phenoxy) is 2. The first kappa shape index (κ1) is 24.4. The molecule has 1 saturated heterocycles. The number of piperazine rings is 1. The molecule has 1 aromatic heterocycles. The summed E-state index contributed by atoms with van der Waals surface area (Å²) < 4.78 is 25.2. The summed E-state index contributed by atoms with van der Waals surface area (Å²) in [5.74, 6) is 0.702. The number of aromatic nitrogens is 1. The molecule has 0 atom stereocenters. The van der Waals surface area contributed by atoms with Gasteiger partial charge in [0.05, 0.1) is 31.1 Å². The highest BCUT2D eigenvalue weighted by molar-refractivity contribution is 6.32. The SMILES string of the molecule is CC1(C)OC(=C2C(=O)Nc3cc(F)ccc32)C=C1c1ccc(N2CCN(CCOCCO)CC2)nc1. The minimum atomic E-state index is -0.654. The third-order valence-corrected chi connectivity index (χ3v) is 6.80. The Hall–Kier alpha value is -3.27. The zero-order valence-electron chi connectivity index (χ0n) is 20.6. The minimum Gasteiger partial charge on any atom is -0.482 e. The number of aliphatic hydroxyl groups excluding tert-OH is 1. The summed E-state index contributed by atoms with van der Waals surface area (Å²) in [6.45, 7) is 9.48. The van der Waals surface area contributed by atoms with Gasteiger partial charge in [-0.2, -0.15) is 0 Å². The maximum atomic E-state index is 13.6. The first-order chi connectivity index (χ1) is 17.4. The number of halogens is 1. The van der Waals surface area contributed by atoms with Gasteiger partial charge in [-0.3, -0.25) is 9.69 Å². The first-order valence-corrected chi connectivity index (χ1v) is 12.2. The molecule has 9 heteroatoms. The molecule has 190 valence electrons. The average Bonchev–Trinajstić information content (AvgIpc) is 3.36. The Morgan fingerprint density at radius 1 is 1.17 bits per heavy atom. The van der Waals surface area contributed by atoms with E-state index in [1.165, 1.54) is 12.1 Å². The van der Waals surface area contributed by atoms with Gasteiger partial charge in [0.25, 0.3) is 5.91 Å². The van der Waals surface area contributed by atoms with E-state index in [2.05, 4.69) is 15.1 Å². The summed E-state index contributed by atoms with van der Waals surface area (Å²) >= 11 is 0. The van der Waals surface area contributed by atoms with Crippen molar-refractivity contribution in [2.24, 2.45) is 0 Å². The molecule has 0 bridgehead atoms. The predicted octanol–water partition coefficient (Wildman–Crippen LogP) is 2.91. The van der Waals surface area contributed by atoms with Gasteiger partial charge in [0.1, 0.15) is 23.0 Å². The van der Waals surface area contributed by atoms with Crippen molar-refractivity contribution in [3.8, 4) is 0 Å². The number of nitrogens with one attached hydrogen (secondary N) is 1. The molecule has 0 unspecified atom stereocenters. The Morgan fingerprint density at radius 3 is 2.69 bits per heavy atom. The zero-order valence-corrected chi connectivity index (χ0v) is 20.6. The molecule has 3 aliphatic heterocycles. The van der Waals surface area contributed by atoms with Crippen LogP contribution >= 0.6 is 0 Å². The number of anilines is 2.